The van der Waals surface area contributed by atoms with E-state index in [0.717, 1.165) is 11.4 Å². The van der Waals surface area contributed by atoms with Crippen LogP contribution in [-0.2, 0) is 6.42 Å². The Morgan fingerprint density at radius 1 is 1.34 bits per heavy atom. The van der Waals surface area contributed by atoms with Crippen molar-refractivity contribution >= 4 is 11.4 Å². The van der Waals surface area contributed by atoms with Crippen LogP contribution < -0.4 is 0 Å². The lowest BCUT2D eigenvalue weighted by molar-refractivity contribution is 0.0672. The molecular weight excluding hydrogens is 373 g/mol. The normalized spacial score (nSPS) is 16.6. The van der Waals surface area contributed by atoms with E-state index >= 15 is 0 Å². The Morgan fingerprint density at radius 3 is 3.00 bits per heavy atom. The summed E-state index contributed by atoms with van der Waals surface area (Å²) in [7, 11) is 0. The first kappa shape index (κ1) is 17.6. The van der Waals surface area contributed by atoms with Crippen molar-refractivity contribution in [2.75, 3.05) is 6.54 Å². The third-order valence-corrected chi connectivity index (χ3v) is 5.31. The van der Waals surface area contributed by atoms with Gasteiger partial charge in [-0.05, 0) is 38.1 Å². The van der Waals surface area contributed by atoms with Gasteiger partial charge < -0.3 is 9.88 Å². The molecule has 148 valence electrons. The first-order valence-electron chi connectivity index (χ1n) is 9.55. The van der Waals surface area contributed by atoms with Crippen LogP contribution in [0.15, 0.2) is 43.0 Å². The Bertz CT molecular complexity index is 1200. The van der Waals surface area contributed by atoms with Crippen molar-refractivity contribution in [3.63, 3.8) is 0 Å². The zero-order chi connectivity index (χ0) is 20.1. The number of halogens is 1. The molecule has 5 rings (SSSR count). The van der Waals surface area contributed by atoms with Crippen LogP contribution in [0.2, 0.25) is 0 Å². The highest BCUT2D eigenvalue weighted by atomic mass is 19.1. The molecule has 0 saturated carbocycles. The Balaban J connectivity index is 1.63. The van der Waals surface area contributed by atoms with Crippen LogP contribution in [0, 0.1) is 5.82 Å². The number of fused-ring (bicyclic) bond motifs is 2. The van der Waals surface area contributed by atoms with Gasteiger partial charge in [0.15, 0.2) is 0 Å². The summed E-state index contributed by atoms with van der Waals surface area (Å²) in [6.07, 6.45) is 5.61. The molecule has 1 atom stereocenters. The van der Waals surface area contributed by atoms with Gasteiger partial charge in [0.1, 0.15) is 23.1 Å². The van der Waals surface area contributed by atoms with E-state index in [4.69, 9.17) is 0 Å². The number of carbonyl (C=O) groups is 1. The van der Waals surface area contributed by atoms with E-state index in [1.54, 1.807) is 46.5 Å². The summed E-state index contributed by atoms with van der Waals surface area (Å²) in [5.74, 6) is -0.507. The van der Waals surface area contributed by atoms with Crippen LogP contribution in [0.4, 0.5) is 4.39 Å². The fraction of sp³-hybridized carbons (Fsp3) is 0.300. The van der Waals surface area contributed by atoms with Gasteiger partial charge in [-0.2, -0.15) is 10.2 Å². The number of carbonyl (C=O) groups excluding carboxylic acids is 1. The van der Waals surface area contributed by atoms with Gasteiger partial charge in [0.05, 0.1) is 17.7 Å². The number of nitrogens with one attached hydrogen (secondary N) is 1. The van der Waals surface area contributed by atoms with Crippen molar-refractivity contribution in [2.24, 2.45) is 0 Å². The van der Waals surface area contributed by atoms with Crippen LogP contribution in [-0.4, -0.2) is 46.7 Å². The lowest BCUT2D eigenvalue weighted by Crippen LogP contribution is -2.42. The molecule has 1 N–H and O–H groups in total. The van der Waals surface area contributed by atoms with Crippen LogP contribution >= 0.6 is 0 Å². The molecule has 0 spiro atoms. The average molecular weight is 393 g/mol. The van der Waals surface area contributed by atoms with Gasteiger partial charge in [-0.3, -0.25) is 9.48 Å². The molecule has 4 aromatic rings. The molecule has 9 heteroatoms. The largest absolute Gasteiger partial charge is 0.348 e. The van der Waals surface area contributed by atoms with Crippen LogP contribution in [0.3, 0.4) is 0 Å². The SMILES string of the molecule is CC(C)n1nccc1C(=O)N1CCc2[nH]cnc2[C@@H]1c1cc2c(F)cccn2n1. The molecule has 1 aliphatic rings. The summed E-state index contributed by atoms with van der Waals surface area (Å²) in [4.78, 5) is 22.9. The van der Waals surface area contributed by atoms with E-state index in [9.17, 15) is 9.18 Å². The zero-order valence-electron chi connectivity index (χ0n) is 16.1. The maximum absolute atomic E-state index is 14.2. The number of H-pyrrole nitrogens is 1. The molecule has 0 saturated heterocycles. The monoisotopic (exact) mass is 393 g/mol. The Labute approximate surface area is 166 Å². The average Bonchev–Trinajstić information content (AvgIpc) is 3.44. The Kier molecular flexibility index (Phi) is 3.97. The number of imidazole rings is 1. The van der Waals surface area contributed by atoms with Crippen molar-refractivity contribution in [1.82, 2.24) is 34.3 Å². The number of aromatic amines is 1. The van der Waals surface area contributed by atoms with Crippen molar-refractivity contribution in [1.29, 1.82) is 0 Å². The summed E-state index contributed by atoms with van der Waals surface area (Å²) in [5.41, 5.74) is 3.16. The van der Waals surface area contributed by atoms with Gasteiger partial charge >= 0.3 is 0 Å². The third-order valence-electron chi connectivity index (χ3n) is 5.31. The second kappa shape index (κ2) is 6.54. The van der Waals surface area contributed by atoms with E-state index in [0.29, 0.717) is 29.9 Å². The predicted octanol–water partition coefficient (Wildman–Crippen LogP) is 2.76. The molecule has 29 heavy (non-hydrogen) atoms. The molecule has 0 unspecified atom stereocenters. The molecule has 5 heterocycles. The third kappa shape index (κ3) is 2.72. The first-order chi connectivity index (χ1) is 14.0. The van der Waals surface area contributed by atoms with Crippen molar-refractivity contribution in [3.05, 3.63) is 71.6 Å². The Morgan fingerprint density at radius 2 is 2.21 bits per heavy atom. The van der Waals surface area contributed by atoms with E-state index in [1.165, 1.54) is 10.6 Å². The summed E-state index contributed by atoms with van der Waals surface area (Å²) >= 11 is 0. The van der Waals surface area contributed by atoms with Crippen LogP contribution in [0.25, 0.3) is 5.52 Å². The summed E-state index contributed by atoms with van der Waals surface area (Å²) in [5, 5.41) is 8.84. The maximum atomic E-state index is 14.2. The molecule has 0 aromatic carbocycles. The second-order valence-electron chi connectivity index (χ2n) is 7.43. The van der Waals surface area contributed by atoms with Crippen LogP contribution in [0.1, 0.15) is 53.5 Å². The smallest absolute Gasteiger partial charge is 0.273 e. The maximum Gasteiger partial charge on any atom is 0.273 e. The predicted molar refractivity (Wildman–Crippen MR) is 103 cm³/mol. The highest BCUT2D eigenvalue weighted by molar-refractivity contribution is 5.93. The van der Waals surface area contributed by atoms with E-state index in [2.05, 4.69) is 20.2 Å². The van der Waals surface area contributed by atoms with Gasteiger partial charge in [-0.15, -0.1) is 0 Å². The topological polar surface area (TPSA) is 84.1 Å². The minimum atomic E-state index is -0.507. The number of rotatable bonds is 3. The number of aromatic nitrogens is 6. The van der Waals surface area contributed by atoms with E-state index in [-0.39, 0.29) is 17.8 Å². The van der Waals surface area contributed by atoms with Gasteiger partial charge in [0, 0.05) is 37.1 Å². The fourth-order valence-corrected chi connectivity index (χ4v) is 3.97. The fourth-order valence-electron chi connectivity index (χ4n) is 3.97. The molecular formula is C20H20FN7O. The number of nitrogens with zero attached hydrogens (tertiary/aromatic N) is 6. The summed E-state index contributed by atoms with van der Waals surface area (Å²) < 4.78 is 17.5. The zero-order valence-corrected chi connectivity index (χ0v) is 16.1. The molecule has 0 radical (unpaired) electrons. The van der Waals surface area contributed by atoms with E-state index in [1.807, 2.05) is 13.8 Å². The lowest BCUT2D eigenvalue weighted by atomic mass is 9.99. The lowest BCUT2D eigenvalue weighted by Gasteiger charge is -2.34. The molecule has 1 amide bonds. The number of amides is 1. The molecule has 4 aromatic heterocycles. The minimum absolute atomic E-state index is 0.0532. The van der Waals surface area contributed by atoms with Crippen molar-refractivity contribution in [2.45, 2.75) is 32.4 Å². The summed E-state index contributed by atoms with van der Waals surface area (Å²) in [6, 6.07) is 5.95. The first-order valence-corrected chi connectivity index (χ1v) is 9.55. The highest BCUT2D eigenvalue weighted by Crippen LogP contribution is 2.34. The minimum Gasteiger partial charge on any atom is -0.348 e. The van der Waals surface area contributed by atoms with Gasteiger partial charge in [-0.1, -0.05) is 0 Å². The van der Waals surface area contributed by atoms with Gasteiger partial charge in [-0.25, -0.2) is 13.9 Å². The molecule has 0 bridgehead atoms. The van der Waals surface area contributed by atoms with Gasteiger partial charge in [0.25, 0.3) is 5.91 Å². The van der Waals surface area contributed by atoms with Crippen molar-refractivity contribution < 1.29 is 9.18 Å². The molecule has 0 aliphatic carbocycles. The van der Waals surface area contributed by atoms with Crippen LogP contribution in [0.5, 0.6) is 0 Å². The van der Waals surface area contributed by atoms with Crippen molar-refractivity contribution in [3.8, 4) is 0 Å². The molecule has 0 fully saturated rings. The summed E-state index contributed by atoms with van der Waals surface area (Å²) in [6.45, 7) is 4.46. The second-order valence-corrected chi connectivity index (χ2v) is 7.43. The number of hydrogen-bond acceptors (Lipinski definition) is 4. The molecule has 1 aliphatic heterocycles. The number of hydrogen-bond donors (Lipinski definition) is 1. The van der Waals surface area contributed by atoms with Gasteiger partial charge in [0.2, 0.25) is 0 Å². The number of pyridine rings is 1. The standard InChI is InChI=1S/C20H20FN7O/c1-12(2)28-16(5-7-24-28)20(29)26-9-6-14-18(23-11-22-14)19(26)15-10-17-13(21)4-3-8-27(17)25-15/h3-5,7-8,10-12,19H,6,9H2,1-2H3,(H,22,23)/t19-/m0/s1. The Hall–Kier alpha value is -3.49. The van der Waals surface area contributed by atoms with E-state index < -0.39 is 6.04 Å². The highest BCUT2D eigenvalue weighted by Gasteiger charge is 2.37. The molecule has 8 nitrogen and oxygen atoms in total. The quantitative estimate of drug-likeness (QED) is 0.580.